The largest absolute Gasteiger partial charge is 0.304 e. The lowest BCUT2D eigenvalue weighted by Gasteiger charge is -2.14. The molecule has 2 aromatic rings. The highest BCUT2D eigenvalue weighted by Gasteiger charge is 2.11. The Hall–Kier alpha value is -1.28. The highest BCUT2D eigenvalue weighted by atomic mass is 32.2. The van der Waals surface area contributed by atoms with Crippen LogP contribution in [0.1, 0.15) is 28.4 Å². The standard InChI is InChI=1S/C13H17N3O2S2/c1-9-7-16-13(19-9)8-15-10(2)11-4-3-5-12(6-11)20(14,17)18/h3-7,10,15H,8H2,1-2H3,(H2,14,17,18). The summed E-state index contributed by atoms with van der Waals surface area (Å²) in [4.78, 5) is 5.58. The number of thiazole rings is 1. The fourth-order valence-corrected chi connectivity index (χ4v) is 3.11. The molecule has 2 rings (SSSR count). The van der Waals surface area contributed by atoms with E-state index < -0.39 is 10.0 Å². The van der Waals surface area contributed by atoms with Gasteiger partial charge in [-0.25, -0.2) is 18.5 Å². The number of hydrogen-bond donors (Lipinski definition) is 2. The number of benzene rings is 1. The first kappa shape index (κ1) is 15.1. The molecule has 0 bridgehead atoms. The van der Waals surface area contributed by atoms with Gasteiger partial charge in [0.1, 0.15) is 5.01 Å². The van der Waals surface area contributed by atoms with Crippen molar-refractivity contribution in [1.82, 2.24) is 10.3 Å². The molecule has 1 unspecified atom stereocenters. The molecule has 1 atom stereocenters. The maximum Gasteiger partial charge on any atom is 0.238 e. The van der Waals surface area contributed by atoms with Gasteiger partial charge in [0, 0.05) is 23.7 Å². The van der Waals surface area contributed by atoms with Gasteiger partial charge in [0.15, 0.2) is 0 Å². The molecule has 1 aromatic heterocycles. The molecule has 0 saturated heterocycles. The van der Waals surface area contributed by atoms with Gasteiger partial charge in [-0.1, -0.05) is 12.1 Å². The van der Waals surface area contributed by atoms with Crippen molar-refractivity contribution in [2.24, 2.45) is 5.14 Å². The van der Waals surface area contributed by atoms with Crippen molar-refractivity contribution in [3.05, 3.63) is 45.9 Å². The van der Waals surface area contributed by atoms with Gasteiger partial charge in [0.25, 0.3) is 0 Å². The third-order valence-electron chi connectivity index (χ3n) is 2.92. The van der Waals surface area contributed by atoms with Gasteiger partial charge in [-0.3, -0.25) is 0 Å². The van der Waals surface area contributed by atoms with Gasteiger partial charge in [0.05, 0.1) is 4.90 Å². The van der Waals surface area contributed by atoms with Crippen LogP contribution in [0.15, 0.2) is 35.4 Å². The fourth-order valence-electron chi connectivity index (χ4n) is 1.80. The van der Waals surface area contributed by atoms with Gasteiger partial charge in [0.2, 0.25) is 10.0 Å². The van der Waals surface area contributed by atoms with Crippen LogP contribution in [0.5, 0.6) is 0 Å². The predicted molar refractivity (Wildman–Crippen MR) is 79.9 cm³/mol. The second-order valence-corrected chi connectivity index (χ2v) is 7.47. The lowest BCUT2D eigenvalue weighted by atomic mass is 10.1. The van der Waals surface area contributed by atoms with E-state index >= 15 is 0 Å². The van der Waals surface area contributed by atoms with Crippen LogP contribution < -0.4 is 10.5 Å². The summed E-state index contributed by atoms with van der Waals surface area (Å²) in [6.07, 6.45) is 1.84. The zero-order valence-electron chi connectivity index (χ0n) is 11.3. The molecular weight excluding hydrogens is 294 g/mol. The molecule has 0 saturated carbocycles. The van der Waals surface area contributed by atoms with Crippen LogP contribution in [0.25, 0.3) is 0 Å². The van der Waals surface area contributed by atoms with E-state index in [0.29, 0.717) is 6.54 Å². The van der Waals surface area contributed by atoms with E-state index in [1.165, 1.54) is 10.9 Å². The maximum absolute atomic E-state index is 11.3. The molecular formula is C13H17N3O2S2. The number of hydrogen-bond acceptors (Lipinski definition) is 5. The van der Waals surface area contributed by atoms with E-state index in [1.807, 2.05) is 26.1 Å². The van der Waals surface area contributed by atoms with Gasteiger partial charge in [-0.05, 0) is 31.5 Å². The predicted octanol–water partition coefficient (Wildman–Crippen LogP) is 1.95. The summed E-state index contributed by atoms with van der Waals surface area (Å²) in [6, 6.07) is 6.68. The van der Waals surface area contributed by atoms with Crippen molar-refractivity contribution in [1.29, 1.82) is 0 Å². The molecule has 0 aliphatic carbocycles. The summed E-state index contributed by atoms with van der Waals surface area (Å²) in [5.74, 6) is 0. The van der Waals surface area contributed by atoms with Gasteiger partial charge >= 0.3 is 0 Å². The highest BCUT2D eigenvalue weighted by molar-refractivity contribution is 7.89. The van der Waals surface area contributed by atoms with Crippen LogP contribution >= 0.6 is 11.3 Å². The highest BCUT2D eigenvalue weighted by Crippen LogP contribution is 2.18. The van der Waals surface area contributed by atoms with Gasteiger partial charge < -0.3 is 5.32 Å². The minimum atomic E-state index is -3.66. The van der Waals surface area contributed by atoms with E-state index in [-0.39, 0.29) is 10.9 Å². The molecule has 0 spiro atoms. The Morgan fingerprint density at radius 1 is 1.45 bits per heavy atom. The Morgan fingerprint density at radius 2 is 2.20 bits per heavy atom. The Labute approximate surface area is 122 Å². The number of nitrogens with two attached hydrogens (primary N) is 1. The Bertz CT molecular complexity index is 695. The Kier molecular flexibility index (Phi) is 4.54. The summed E-state index contributed by atoms with van der Waals surface area (Å²) < 4.78 is 22.7. The van der Waals surface area contributed by atoms with E-state index in [0.717, 1.165) is 10.6 Å². The molecule has 0 fully saturated rings. The van der Waals surface area contributed by atoms with Crippen LogP contribution in [0.4, 0.5) is 0 Å². The van der Waals surface area contributed by atoms with Crippen molar-refractivity contribution in [2.75, 3.05) is 0 Å². The van der Waals surface area contributed by atoms with Crippen molar-refractivity contribution < 1.29 is 8.42 Å². The summed E-state index contributed by atoms with van der Waals surface area (Å²) in [5, 5.41) is 9.47. The number of nitrogens with zero attached hydrogens (tertiary/aromatic N) is 1. The Morgan fingerprint density at radius 3 is 2.80 bits per heavy atom. The number of aryl methyl sites for hydroxylation is 1. The van der Waals surface area contributed by atoms with Crippen molar-refractivity contribution >= 4 is 21.4 Å². The molecule has 0 aliphatic rings. The zero-order valence-corrected chi connectivity index (χ0v) is 13.0. The quantitative estimate of drug-likeness (QED) is 0.884. The number of aromatic nitrogens is 1. The number of sulfonamides is 1. The topological polar surface area (TPSA) is 85.1 Å². The minimum Gasteiger partial charge on any atom is -0.304 e. The second-order valence-electron chi connectivity index (χ2n) is 4.58. The second kappa shape index (κ2) is 6.01. The normalized spacial score (nSPS) is 13.3. The minimum absolute atomic E-state index is 0.0147. The van der Waals surface area contributed by atoms with Crippen molar-refractivity contribution in [3.63, 3.8) is 0 Å². The van der Waals surface area contributed by atoms with Crippen LogP contribution in [0.2, 0.25) is 0 Å². The fraction of sp³-hybridized carbons (Fsp3) is 0.308. The maximum atomic E-state index is 11.3. The lowest BCUT2D eigenvalue weighted by molar-refractivity contribution is 0.571. The van der Waals surface area contributed by atoms with E-state index in [2.05, 4.69) is 10.3 Å². The summed E-state index contributed by atoms with van der Waals surface area (Å²) in [5.41, 5.74) is 0.879. The average Bonchev–Trinajstić information content (AvgIpc) is 2.81. The van der Waals surface area contributed by atoms with Crippen molar-refractivity contribution in [3.8, 4) is 0 Å². The smallest absolute Gasteiger partial charge is 0.238 e. The van der Waals surface area contributed by atoms with E-state index in [9.17, 15) is 8.42 Å². The molecule has 7 heteroatoms. The number of primary sulfonamides is 1. The van der Waals surface area contributed by atoms with Crippen molar-refractivity contribution in [2.45, 2.75) is 31.3 Å². The first-order chi connectivity index (χ1) is 9.36. The molecule has 1 aromatic carbocycles. The lowest BCUT2D eigenvalue weighted by Crippen LogP contribution is -2.19. The number of nitrogens with one attached hydrogen (secondary N) is 1. The third-order valence-corrected chi connectivity index (χ3v) is 4.74. The molecule has 0 radical (unpaired) electrons. The molecule has 0 aliphatic heterocycles. The number of rotatable bonds is 5. The van der Waals surface area contributed by atoms with Crippen LogP contribution in [-0.4, -0.2) is 13.4 Å². The SMILES string of the molecule is Cc1cnc(CNC(C)c2cccc(S(N)(=O)=O)c2)s1. The van der Waals surface area contributed by atoms with Gasteiger partial charge in [-0.2, -0.15) is 0 Å². The summed E-state index contributed by atoms with van der Waals surface area (Å²) in [6.45, 7) is 4.64. The van der Waals surface area contributed by atoms with E-state index in [4.69, 9.17) is 5.14 Å². The van der Waals surface area contributed by atoms with Crippen LogP contribution in [0.3, 0.4) is 0 Å². The zero-order chi connectivity index (χ0) is 14.8. The van der Waals surface area contributed by atoms with Gasteiger partial charge in [-0.15, -0.1) is 11.3 Å². The first-order valence-electron chi connectivity index (χ1n) is 6.14. The summed E-state index contributed by atoms with van der Waals surface area (Å²) in [7, 11) is -3.66. The molecule has 5 nitrogen and oxygen atoms in total. The Balaban J connectivity index is 2.07. The monoisotopic (exact) mass is 311 g/mol. The summed E-state index contributed by atoms with van der Waals surface area (Å²) >= 11 is 1.64. The molecule has 3 N–H and O–H groups in total. The van der Waals surface area contributed by atoms with E-state index in [1.54, 1.807) is 23.5 Å². The third kappa shape index (κ3) is 3.86. The molecule has 20 heavy (non-hydrogen) atoms. The molecule has 1 heterocycles. The van der Waals surface area contributed by atoms with Crippen LogP contribution in [0, 0.1) is 6.92 Å². The van der Waals surface area contributed by atoms with Crippen LogP contribution in [-0.2, 0) is 16.6 Å². The first-order valence-corrected chi connectivity index (χ1v) is 8.50. The molecule has 0 amide bonds. The average molecular weight is 311 g/mol. The molecule has 108 valence electrons.